The van der Waals surface area contributed by atoms with Gasteiger partial charge in [0.1, 0.15) is 0 Å². The van der Waals surface area contributed by atoms with Gasteiger partial charge in [0.2, 0.25) is 11.8 Å². The molecule has 108 valence electrons. The molecule has 1 aromatic heterocycles. The highest BCUT2D eigenvalue weighted by Crippen LogP contribution is 2.29. The molecule has 2 N–H and O–H groups in total. The number of hydrogen-bond donors (Lipinski definition) is 2. The van der Waals surface area contributed by atoms with Gasteiger partial charge >= 0.3 is 0 Å². The lowest BCUT2D eigenvalue weighted by atomic mass is 9.89. The van der Waals surface area contributed by atoms with Gasteiger partial charge in [0, 0.05) is 17.5 Å². The number of amides is 2. The lowest BCUT2D eigenvalue weighted by Crippen LogP contribution is -2.39. The molecule has 5 heteroatoms. The van der Waals surface area contributed by atoms with Crippen LogP contribution < -0.4 is 5.32 Å². The normalized spacial score (nSPS) is 21.0. The quantitative estimate of drug-likeness (QED) is 0.821. The van der Waals surface area contributed by atoms with Crippen LogP contribution >= 0.6 is 0 Å². The van der Waals surface area contributed by atoms with Crippen LogP contribution in [0.25, 0.3) is 10.9 Å². The number of nitrogens with zero attached hydrogens (tertiary/aromatic N) is 1. The molecular formula is C16H16N2O3. The van der Waals surface area contributed by atoms with Gasteiger partial charge in [0.05, 0.1) is 20.7 Å². The maximum Gasteiger partial charge on any atom is 0.234 e. The van der Waals surface area contributed by atoms with E-state index >= 15 is 0 Å². The zero-order valence-corrected chi connectivity index (χ0v) is 11.5. The van der Waals surface area contributed by atoms with E-state index in [-0.39, 0.29) is 17.4 Å². The first-order valence-corrected chi connectivity index (χ1v) is 6.73. The van der Waals surface area contributed by atoms with E-state index < -0.39 is 12.5 Å². The zero-order chi connectivity index (χ0) is 16.8. The molecule has 1 saturated heterocycles. The van der Waals surface area contributed by atoms with Crippen LogP contribution in [0.1, 0.15) is 38.3 Å². The number of rotatable bonds is 2. The Morgan fingerprint density at radius 1 is 1.43 bits per heavy atom. The van der Waals surface area contributed by atoms with E-state index in [1.54, 1.807) is 13.0 Å². The van der Waals surface area contributed by atoms with Gasteiger partial charge in [-0.15, -0.1) is 0 Å². The van der Waals surface area contributed by atoms with Gasteiger partial charge in [-0.2, -0.15) is 0 Å². The lowest BCUT2D eigenvalue weighted by Gasteiger charge is -2.22. The van der Waals surface area contributed by atoms with Gasteiger partial charge in [0.15, 0.2) is 0 Å². The summed E-state index contributed by atoms with van der Waals surface area (Å²) >= 11 is 0. The predicted molar refractivity (Wildman–Crippen MR) is 77.5 cm³/mol. The molecule has 1 aromatic carbocycles. The molecule has 0 radical (unpaired) electrons. The summed E-state index contributed by atoms with van der Waals surface area (Å²) in [5.74, 6) is -0.977. The molecule has 21 heavy (non-hydrogen) atoms. The van der Waals surface area contributed by atoms with Crippen LogP contribution in [-0.4, -0.2) is 21.9 Å². The maximum atomic E-state index is 12.0. The number of aliphatic hydroxyl groups is 1. The largest absolute Gasteiger partial charge is 0.392 e. The summed E-state index contributed by atoms with van der Waals surface area (Å²) in [6, 6.07) is 6.50. The van der Waals surface area contributed by atoms with Crippen LogP contribution in [0.2, 0.25) is 0 Å². The zero-order valence-electron chi connectivity index (χ0n) is 13.5. The summed E-state index contributed by atoms with van der Waals surface area (Å²) in [5.41, 5.74) is 2.10. The second-order valence-electron chi connectivity index (χ2n) is 5.19. The highest BCUT2D eigenvalue weighted by Gasteiger charge is 2.29. The van der Waals surface area contributed by atoms with Crippen molar-refractivity contribution in [2.75, 3.05) is 0 Å². The second kappa shape index (κ2) is 5.26. The Morgan fingerprint density at radius 2 is 2.24 bits per heavy atom. The number of benzene rings is 1. The van der Waals surface area contributed by atoms with E-state index in [1.165, 1.54) is 12.1 Å². The lowest BCUT2D eigenvalue weighted by molar-refractivity contribution is -0.134. The number of fused-ring (bicyclic) bond motifs is 1. The molecule has 1 aliphatic heterocycles. The summed E-state index contributed by atoms with van der Waals surface area (Å²) in [7, 11) is 0. The van der Waals surface area contributed by atoms with Gasteiger partial charge in [-0.3, -0.25) is 19.9 Å². The van der Waals surface area contributed by atoms with Crippen LogP contribution in [-0.2, 0) is 16.1 Å². The number of hydrogen-bond acceptors (Lipinski definition) is 4. The van der Waals surface area contributed by atoms with Crippen molar-refractivity contribution in [3.8, 4) is 0 Å². The third-order valence-corrected chi connectivity index (χ3v) is 3.79. The van der Waals surface area contributed by atoms with Gasteiger partial charge in [0.25, 0.3) is 0 Å². The second-order valence-corrected chi connectivity index (χ2v) is 5.19. The van der Waals surface area contributed by atoms with Crippen LogP contribution in [0.3, 0.4) is 0 Å². The minimum Gasteiger partial charge on any atom is -0.392 e. The molecule has 0 aliphatic carbocycles. The summed E-state index contributed by atoms with van der Waals surface area (Å²) in [6.07, 6.45) is 0.757. The Balaban J connectivity index is 2.05. The molecule has 2 heterocycles. The Labute approximate surface area is 124 Å². The minimum atomic E-state index is -2.42. The number of nitrogens with one attached hydrogen (secondary N) is 1. The van der Waals surface area contributed by atoms with Crippen molar-refractivity contribution in [3.05, 3.63) is 41.1 Å². The van der Waals surface area contributed by atoms with Gasteiger partial charge < -0.3 is 5.11 Å². The van der Waals surface area contributed by atoms with E-state index in [0.717, 1.165) is 10.9 Å². The van der Waals surface area contributed by atoms with E-state index in [2.05, 4.69) is 10.3 Å². The third-order valence-electron chi connectivity index (χ3n) is 3.79. The number of pyridine rings is 1. The summed E-state index contributed by atoms with van der Waals surface area (Å²) in [6.45, 7) is -0.648. The molecule has 1 atom stereocenters. The molecule has 0 bridgehead atoms. The van der Waals surface area contributed by atoms with Crippen molar-refractivity contribution in [1.82, 2.24) is 10.3 Å². The fraction of sp³-hybridized carbons (Fsp3) is 0.312. The average Bonchev–Trinajstić information content (AvgIpc) is 2.45. The molecule has 0 spiro atoms. The molecule has 1 fully saturated rings. The standard InChI is InChI=1S/C16H16N2O3/c1-9-13(12-4-5-15(20)18-16(12)21)7-11-3-2-10(8-19)6-14(11)17-9/h2-3,6-7,12,19H,4-5,8H2,1H3,(H,18,20,21)/i8D2. The van der Waals surface area contributed by atoms with Crippen molar-refractivity contribution < 1.29 is 17.4 Å². The molecule has 3 rings (SSSR count). The van der Waals surface area contributed by atoms with Crippen LogP contribution in [0.5, 0.6) is 0 Å². The molecule has 1 aliphatic rings. The topological polar surface area (TPSA) is 79.3 Å². The first-order chi connectivity index (χ1) is 10.8. The maximum absolute atomic E-state index is 12.0. The first kappa shape index (κ1) is 11.4. The molecule has 2 amide bonds. The number of imide groups is 1. The highest BCUT2D eigenvalue weighted by atomic mass is 16.3. The van der Waals surface area contributed by atoms with Crippen LogP contribution in [0, 0.1) is 6.92 Å². The van der Waals surface area contributed by atoms with Crippen molar-refractivity contribution >= 4 is 22.7 Å². The van der Waals surface area contributed by atoms with Crippen LogP contribution in [0.15, 0.2) is 24.3 Å². The Bertz CT molecular complexity index is 815. The summed E-state index contributed by atoms with van der Waals surface area (Å²) in [5, 5.41) is 12.6. The average molecular weight is 286 g/mol. The smallest absolute Gasteiger partial charge is 0.234 e. The first-order valence-electron chi connectivity index (χ1n) is 7.73. The van der Waals surface area contributed by atoms with E-state index in [1.807, 2.05) is 6.07 Å². The van der Waals surface area contributed by atoms with Gasteiger partial charge in [-0.25, -0.2) is 0 Å². The van der Waals surface area contributed by atoms with Crippen molar-refractivity contribution in [3.63, 3.8) is 0 Å². The monoisotopic (exact) mass is 286 g/mol. The van der Waals surface area contributed by atoms with Gasteiger partial charge in [-0.05, 0) is 36.6 Å². The number of aromatic nitrogens is 1. The summed E-state index contributed by atoms with van der Waals surface area (Å²) in [4.78, 5) is 27.7. The van der Waals surface area contributed by atoms with Crippen LogP contribution in [0.4, 0.5) is 0 Å². The highest BCUT2D eigenvalue weighted by molar-refractivity contribution is 6.01. The van der Waals surface area contributed by atoms with Crippen molar-refractivity contribution in [1.29, 1.82) is 0 Å². The van der Waals surface area contributed by atoms with E-state index in [4.69, 9.17) is 2.74 Å². The third kappa shape index (κ3) is 2.52. The molecular weight excluding hydrogens is 268 g/mol. The Kier molecular flexibility index (Phi) is 2.85. The summed E-state index contributed by atoms with van der Waals surface area (Å²) < 4.78 is 14.7. The molecule has 5 nitrogen and oxygen atoms in total. The van der Waals surface area contributed by atoms with E-state index in [9.17, 15) is 14.7 Å². The fourth-order valence-electron chi connectivity index (χ4n) is 2.69. The van der Waals surface area contributed by atoms with Crippen molar-refractivity contribution in [2.24, 2.45) is 0 Å². The number of carbonyl (C=O) groups is 2. The number of piperidine rings is 1. The Morgan fingerprint density at radius 3 is 2.95 bits per heavy atom. The van der Waals surface area contributed by atoms with E-state index in [0.29, 0.717) is 24.1 Å². The van der Waals surface area contributed by atoms with Crippen molar-refractivity contribution in [2.45, 2.75) is 32.2 Å². The van der Waals surface area contributed by atoms with Gasteiger partial charge in [-0.1, -0.05) is 12.1 Å². The SMILES string of the molecule is [2H]C([2H])(O)c1ccc2cc(C3CCC(=O)NC3=O)c(C)nc2c1. The minimum absolute atomic E-state index is 0.130. The fourth-order valence-corrected chi connectivity index (χ4v) is 2.69. The predicted octanol–water partition coefficient (Wildman–Crippen LogP) is 1.56. The molecule has 0 saturated carbocycles. The molecule has 1 unspecified atom stereocenters. The Hall–Kier alpha value is -2.27. The number of carbonyl (C=O) groups excluding carboxylic acids is 2. The molecule has 2 aromatic rings. The number of aryl methyl sites for hydroxylation is 1.